The lowest BCUT2D eigenvalue weighted by Gasteiger charge is -2.26. The zero-order valence-corrected chi connectivity index (χ0v) is 27.6. The molecule has 0 bridgehead atoms. The fourth-order valence-electron chi connectivity index (χ4n) is 5.46. The van der Waals surface area contributed by atoms with Gasteiger partial charge in [0.2, 0.25) is 5.75 Å². The van der Waals surface area contributed by atoms with Gasteiger partial charge in [0.15, 0.2) is 16.3 Å². The largest absolute Gasteiger partial charge is 0.493 e. The highest BCUT2D eigenvalue weighted by Gasteiger charge is 2.34. The van der Waals surface area contributed by atoms with E-state index in [-0.39, 0.29) is 16.2 Å². The topological polar surface area (TPSA) is 142 Å². The van der Waals surface area contributed by atoms with Crippen molar-refractivity contribution >= 4 is 46.6 Å². The predicted octanol–water partition coefficient (Wildman–Crippen LogP) is 5.51. The van der Waals surface area contributed by atoms with Gasteiger partial charge in [-0.25, -0.2) is 9.79 Å². The summed E-state index contributed by atoms with van der Waals surface area (Å²) in [6.07, 6.45) is 1.59. The number of amides is 1. The number of furan rings is 1. The zero-order chi connectivity index (χ0) is 34.1. The summed E-state index contributed by atoms with van der Waals surface area (Å²) in [5, 5.41) is 12.3. The highest BCUT2D eigenvalue weighted by molar-refractivity contribution is 7.07. The summed E-state index contributed by atoms with van der Waals surface area (Å²) in [7, 11) is 4.47. The summed E-state index contributed by atoms with van der Waals surface area (Å²) < 4.78 is 24.5. The predicted molar refractivity (Wildman–Crippen MR) is 181 cm³/mol. The Labute approximate surface area is 282 Å². The highest BCUT2D eigenvalue weighted by Crippen LogP contribution is 2.42. The molecule has 3 heterocycles. The molecule has 2 N–H and O–H groups in total. The number of fused-ring (bicyclic) bond motifs is 1. The summed E-state index contributed by atoms with van der Waals surface area (Å²) in [4.78, 5) is 44.6. The van der Waals surface area contributed by atoms with Crippen molar-refractivity contribution in [3.05, 3.63) is 126 Å². The Morgan fingerprint density at radius 2 is 1.71 bits per heavy atom. The number of rotatable bonds is 9. The molecule has 0 spiro atoms. The summed E-state index contributed by atoms with van der Waals surface area (Å²) in [6, 6.07) is 19.4. The van der Waals surface area contributed by atoms with Crippen LogP contribution in [0.25, 0.3) is 17.4 Å². The van der Waals surface area contributed by atoms with E-state index in [4.69, 9.17) is 35.2 Å². The lowest BCUT2D eigenvalue weighted by Crippen LogP contribution is -2.40. The molecule has 2 aromatic heterocycles. The Morgan fingerprint density at radius 3 is 2.33 bits per heavy atom. The molecular weight excluding hydrogens is 658 g/mol. The Kier molecular flexibility index (Phi) is 8.94. The SMILES string of the molecule is COc1cc([C@@H]2C(C(=O)Nc3ccccc3)=C(C)N=c3s/c(=C\c4ccc(-c5ccc(C(=O)O)c(Cl)c5)o4)c(=O)n32)cc(OC)c1OC. The number of carboxylic acids is 1. The Balaban J connectivity index is 1.48. The number of ether oxygens (including phenoxy) is 3. The van der Waals surface area contributed by atoms with E-state index in [0.717, 1.165) is 11.3 Å². The number of benzene rings is 3. The summed E-state index contributed by atoms with van der Waals surface area (Å²) in [5.74, 6) is 0.299. The smallest absolute Gasteiger partial charge is 0.337 e. The van der Waals surface area contributed by atoms with E-state index in [1.165, 1.54) is 38.0 Å². The normalized spacial score (nSPS) is 14.3. The van der Waals surface area contributed by atoms with Gasteiger partial charge in [0.1, 0.15) is 11.5 Å². The molecule has 1 aliphatic heterocycles. The molecular formula is C35H28ClN3O8S. The van der Waals surface area contributed by atoms with Crippen molar-refractivity contribution in [2.24, 2.45) is 4.99 Å². The highest BCUT2D eigenvalue weighted by atomic mass is 35.5. The molecule has 1 aliphatic rings. The van der Waals surface area contributed by atoms with Crippen LogP contribution >= 0.6 is 22.9 Å². The number of thiazole rings is 1. The number of allylic oxidation sites excluding steroid dienone is 1. The average molecular weight is 686 g/mol. The number of para-hydroxylation sites is 1. The average Bonchev–Trinajstić information content (AvgIpc) is 3.67. The summed E-state index contributed by atoms with van der Waals surface area (Å²) in [6.45, 7) is 1.72. The number of halogens is 1. The number of nitrogens with zero attached hydrogens (tertiary/aromatic N) is 2. The molecule has 3 aromatic carbocycles. The van der Waals surface area contributed by atoms with Crippen molar-refractivity contribution in [1.29, 1.82) is 0 Å². The molecule has 1 atom stereocenters. The number of carbonyl (C=O) groups is 2. The molecule has 0 fully saturated rings. The number of carbonyl (C=O) groups excluding carboxylic acids is 1. The maximum Gasteiger partial charge on any atom is 0.337 e. The number of hydrogen-bond acceptors (Lipinski definition) is 9. The van der Waals surface area contributed by atoms with E-state index in [1.807, 2.05) is 18.2 Å². The minimum absolute atomic E-state index is 0.0259. The fourth-order valence-corrected chi connectivity index (χ4v) is 6.75. The third kappa shape index (κ3) is 5.98. The second kappa shape index (κ2) is 13.3. The van der Waals surface area contributed by atoms with Crippen LogP contribution in [0.15, 0.2) is 98.3 Å². The van der Waals surface area contributed by atoms with Gasteiger partial charge in [-0.1, -0.05) is 47.2 Å². The van der Waals surface area contributed by atoms with Gasteiger partial charge < -0.3 is 29.1 Å². The molecule has 0 radical (unpaired) electrons. The van der Waals surface area contributed by atoms with Crippen LogP contribution in [0.4, 0.5) is 5.69 Å². The van der Waals surface area contributed by atoms with Crippen LogP contribution in [-0.4, -0.2) is 42.9 Å². The van der Waals surface area contributed by atoms with Crippen LogP contribution in [0.3, 0.4) is 0 Å². The van der Waals surface area contributed by atoms with Gasteiger partial charge in [-0.3, -0.25) is 14.2 Å². The van der Waals surface area contributed by atoms with Crippen LogP contribution in [0.5, 0.6) is 17.2 Å². The van der Waals surface area contributed by atoms with Gasteiger partial charge in [0, 0.05) is 17.3 Å². The van der Waals surface area contributed by atoms with Crippen molar-refractivity contribution in [1.82, 2.24) is 4.57 Å². The molecule has 244 valence electrons. The molecule has 13 heteroatoms. The van der Waals surface area contributed by atoms with Gasteiger partial charge in [-0.05, 0) is 61.0 Å². The van der Waals surface area contributed by atoms with Crippen LogP contribution in [-0.2, 0) is 4.79 Å². The quantitative estimate of drug-likeness (QED) is 0.207. The van der Waals surface area contributed by atoms with Crippen molar-refractivity contribution in [2.75, 3.05) is 26.6 Å². The van der Waals surface area contributed by atoms with Gasteiger partial charge >= 0.3 is 5.97 Å². The molecule has 6 rings (SSSR count). The lowest BCUT2D eigenvalue weighted by molar-refractivity contribution is -0.113. The first kappa shape index (κ1) is 32.4. The third-order valence-corrected chi connectivity index (χ3v) is 8.98. The van der Waals surface area contributed by atoms with Gasteiger partial charge in [0.05, 0.1) is 53.8 Å². The Hall–Kier alpha value is -5.59. The standard InChI is InChI=1S/C35H28ClN3O8S/c1-18-29(32(40)38-21-8-6-5-7-9-21)30(20-15-26(44-2)31(46-4)27(16-20)45-3)39-33(41)28(48-35(39)37-18)17-22-11-13-25(47-22)19-10-12-23(34(42)43)24(36)14-19/h5-17,30H,1-4H3,(H,38,40)(H,42,43)/b28-17-/t30-/m1/s1. The van der Waals surface area contributed by atoms with Crippen molar-refractivity contribution < 1.29 is 33.3 Å². The third-order valence-electron chi connectivity index (χ3n) is 7.68. The number of hydrogen-bond donors (Lipinski definition) is 2. The zero-order valence-electron chi connectivity index (χ0n) is 26.1. The van der Waals surface area contributed by atoms with Gasteiger partial charge in [-0.2, -0.15) is 0 Å². The first-order chi connectivity index (χ1) is 23.1. The van der Waals surface area contributed by atoms with Crippen molar-refractivity contribution in [2.45, 2.75) is 13.0 Å². The van der Waals surface area contributed by atoms with E-state index in [0.29, 0.717) is 60.6 Å². The number of aromatic carboxylic acids is 1. The van der Waals surface area contributed by atoms with Crippen LogP contribution in [0.2, 0.25) is 5.02 Å². The van der Waals surface area contributed by atoms with E-state index >= 15 is 0 Å². The van der Waals surface area contributed by atoms with Crippen molar-refractivity contribution in [3.63, 3.8) is 0 Å². The lowest BCUT2D eigenvalue weighted by atomic mass is 9.94. The summed E-state index contributed by atoms with van der Waals surface area (Å²) in [5.41, 5.74) is 1.94. The maximum absolute atomic E-state index is 14.2. The number of aromatic nitrogens is 1. The minimum atomic E-state index is -1.14. The Bertz CT molecular complexity index is 2260. The van der Waals surface area contributed by atoms with E-state index in [9.17, 15) is 19.5 Å². The molecule has 0 unspecified atom stereocenters. The molecule has 0 saturated heterocycles. The van der Waals surface area contributed by atoms with Gasteiger partial charge in [-0.15, -0.1) is 0 Å². The Morgan fingerprint density at radius 1 is 1.00 bits per heavy atom. The van der Waals surface area contributed by atoms with Crippen LogP contribution in [0.1, 0.15) is 34.6 Å². The van der Waals surface area contributed by atoms with Crippen LogP contribution in [0, 0.1) is 0 Å². The molecule has 1 amide bonds. The first-order valence-electron chi connectivity index (χ1n) is 14.5. The van der Waals surface area contributed by atoms with Gasteiger partial charge in [0.25, 0.3) is 11.5 Å². The van der Waals surface area contributed by atoms with Crippen LogP contribution < -0.4 is 34.4 Å². The summed E-state index contributed by atoms with van der Waals surface area (Å²) >= 11 is 7.31. The number of methoxy groups -OCH3 is 3. The van der Waals surface area contributed by atoms with Crippen molar-refractivity contribution in [3.8, 4) is 28.6 Å². The maximum atomic E-state index is 14.2. The molecule has 48 heavy (non-hydrogen) atoms. The number of carboxylic acid groups (broad SMARTS) is 1. The number of nitrogens with one attached hydrogen (secondary N) is 1. The molecule has 5 aromatic rings. The second-order valence-electron chi connectivity index (χ2n) is 10.6. The first-order valence-corrected chi connectivity index (χ1v) is 15.6. The fraction of sp³-hybridized carbons (Fsp3) is 0.143. The molecule has 0 aliphatic carbocycles. The monoisotopic (exact) mass is 685 g/mol. The minimum Gasteiger partial charge on any atom is -0.493 e. The molecule has 11 nitrogen and oxygen atoms in total. The van der Waals surface area contributed by atoms with E-state index < -0.39 is 23.5 Å². The molecule has 0 saturated carbocycles. The van der Waals surface area contributed by atoms with E-state index in [2.05, 4.69) is 5.32 Å². The van der Waals surface area contributed by atoms with E-state index in [1.54, 1.807) is 55.5 Å². The second-order valence-corrected chi connectivity index (χ2v) is 12.0. The number of anilines is 1.